The molecule has 0 aliphatic carbocycles. The van der Waals surface area contributed by atoms with Crippen molar-refractivity contribution in [2.75, 3.05) is 0 Å². The molecule has 0 radical (unpaired) electrons. The molecule has 1 aromatic rings. The lowest BCUT2D eigenvalue weighted by atomic mass is 10.0. The van der Waals surface area contributed by atoms with E-state index >= 15 is 0 Å². The van der Waals surface area contributed by atoms with Crippen LogP contribution >= 0.6 is 0 Å². The number of hydrogen-bond acceptors (Lipinski definition) is 0. The zero-order valence-corrected chi connectivity index (χ0v) is 11.5. The maximum absolute atomic E-state index is 12.8. The normalized spacial score (nSPS) is 12.3. The van der Waals surface area contributed by atoms with Crippen molar-refractivity contribution in [3.8, 4) is 0 Å². The summed E-state index contributed by atoms with van der Waals surface area (Å²) in [6, 6.07) is 8.79. The van der Waals surface area contributed by atoms with Gasteiger partial charge in [0.05, 0.1) is 0 Å². The van der Waals surface area contributed by atoms with Gasteiger partial charge in [-0.3, -0.25) is 0 Å². The average Bonchev–Trinajstić information content (AvgIpc) is 2.42. The van der Waals surface area contributed by atoms with Crippen molar-refractivity contribution in [1.29, 1.82) is 0 Å². The van der Waals surface area contributed by atoms with Crippen molar-refractivity contribution in [1.82, 2.24) is 0 Å². The van der Waals surface area contributed by atoms with Crippen LogP contribution in [-0.4, -0.2) is 0 Å². The van der Waals surface area contributed by atoms with Gasteiger partial charge in [-0.15, -0.1) is 0 Å². The Labute approximate surface area is 110 Å². The maximum Gasteiger partial charge on any atom is 0.118 e. The van der Waals surface area contributed by atoms with Crippen molar-refractivity contribution < 1.29 is 4.39 Å². The third kappa shape index (κ3) is 5.81. The predicted molar refractivity (Wildman–Crippen MR) is 77.4 cm³/mol. The van der Waals surface area contributed by atoms with Gasteiger partial charge in [-0.05, 0) is 49.8 Å². The van der Waals surface area contributed by atoms with E-state index in [9.17, 15) is 4.39 Å². The number of unbranched alkanes of at least 4 members (excludes halogenated alkanes) is 1. The second-order valence-corrected chi connectivity index (χ2v) is 4.53. The monoisotopic (exact) mass is 246 g/mol. The molecule has 1 aromatic carbocycles. The van der Waals surface area contributed by atoms with E-state index in [-0.39, 0.29) is 5.83 Å². The van der Waals surface area contributed by atoms with Gasteiger partial charge in [-0.1, -0.05) is 49.8 Å². The summed E-state index contributed by atoms with van der Waals surface area (Å²) in [6.07, 6.45) is 10.4. The quantitative estimate of drug-likeness (QED) is 0.566. The summed E-state index contributed by atoms with van der Waals surface area (Å²) in [6.45, 7) is 3.92. The van der Waals surface area contributed by atoms with E-state index in [1.54, 1.807) is 6.92 Å². The van der Waals surface area contributed by atoms with Gasteiger partial charge in [0.25, 0.3) is 0 Å². The SMILES string of the molecule is C/C=C(F)\C=C/CCc1ccc(CCCC)cc1. The molecule has 1 rings (SSSR count). The third-order valence-corrected chi connectivity index (χ3v) is 2.99. The molecule has 0 amide bonds. The lowest BCUT2D eigenvalue weighted by Crippen LogP contribution is -1.87. The zero-order valence-electron chi connectivity index (χ0n) is 11.5. The Kier molecular flexibility index (Phi) is 7.09. The van der Waals surface area contributed by atoms with Crippen LogP contribution in [0.1, 0.15) is 44.2 Å². The van der Waals surface area contributed by atoms with E-state index in [4.69, 9.17) is 0 Å². The Hall–Kier alpha value is -1.37. The first-order valence-electron chi connectivity index (χ1n) is 6.82. The first-order chi connectivity index (χ1) is 8.76. The molecule has 0 atom stereocenters. The fourth-order valence-electron chi connectivity index (χ4n) is 1.80. The van der Waals surface area contributed by atoms with Crippen molar-refractivity contribution in [2.45, 2.75) is 46.0 Å². The summed E-state index contributed by atoms with van der Waals surface area (Å²) in [5.41, 5.74) is 2.73. The minimum Gasteiger partial charge on any atom is -0.207 e. The van der Waals surface area contributed by atoms with Gasteiger partial charge in [0.2, 0.25) is 0 Å². The first kappa shape index (κ1) is 14.7. The molecule has 0 N–H and O–H groups in total. The number of halogens is 1. The molecule has 0 aliphatic rings. The van der Waals surface area contributed by atoms with Crippen LogP contribution in [-0.2, 0) is 12.8 Å². The molecule has 0 bridgehead atoms. The number of rotatable bonds is 7. The molecule has 0 saturated carbocycles. The van der Waals surface area contributed by atoms with Crippen molar-refractivity contribution in [3.63, 3.8) is 0 Å². The fraction of sp³-hybridized carbons (Fsp3) is 0.412. The van der Waals surface area contributed by atoms with Crippen molar-refractivity contribution in [2.24, 2.45) is 0 Å². The smallest absolute Gasteiger partial charge is 0.118 e. The highest BCUT2D eigenvalue weighted by Gasteiger charge is 1.94. The Morgan fingerprint density at radius 1 is 1.11 bits per heavy atom. The van der Waals surface area contributed by atoms with Crippen LogP contribution in [0, 0.1) is 0 Å². The summed E-state index contributed by atoms with van der Waals surface area (Å²) in [4.78, 5) is 0. The van der Waals surface area contributed by atoms with Crippen LogP contribution in [0.2, 0.25) is 0 Å². The molecule has 18 heavy (non-hydrogen) atoms. The number of allylic oxidation sites excluding steroid dienone is 4. The van der Waals surface area contributed by atoms with Crippen LogP contribution in [0.5, 0.6) is 0 Å². The maximum atomic E-state index is 12.8. The molecular weight excluding hydrogens is 223 g/mol. The van der Waals surface area contributed by atoms with Crippen LogP contribution in [0.15, 0.2) is 48.3 Å². The van der Waals surface area contributed by atoms with Crippen molar-refractivity contribution >= 4 is 0 Å². The second-order valence-electron chi connectivity index (χ2n) is 4.53. The molecule has 1 heteroatoms. The highest BCUT2D eigenvalue weighted by atomic mass is 19.1. The molecule has 0 saturated heterocycles. The average molecular weight is 246 g/mol. The van der Waals surface area contributed by atoms with E-state index in [2.05, 4.69) is 31.2 Å². The van der Waals surface area contributed by atoms with Crippen LogP contribution in [0.25, 0.3) is 0 Å². The molecule has 0 heterocycles. The lowest BCUT2D eigenvalue weighted by molar-refractivity contribution is 0.664. The van der Waals surface area contributed by atoms with Gasteiger partial charge in [-0.25, -0.2) is 4.39 Å². The molecule has 0 unspecified atom stereocenters. The third-order valence-electron chi connectivity index (χ3n) is 2.99. The van der Waals surface area contributed by atoms with Crippen LogP contribution < -0.4 is 0 Å². The number of benzene rings is 1. The summed E-state index contributed by atoms with van der Waals surface area (Å²) < 4.78 is 12.8. The summed E-state index contributed by atoms with van der Waals surface area (Å²) in [5.74, 6) is -0.162. The minimum absolute atomic E-state index is 0.162. The zero-order chi connectivity index (χ0) is 13.2. The summed E-state index contributed by atoms with van der Waals surface area (Å²) in [5, 5.41) is 0. The van der Waals surface area contributed by atoms with Crippen molar-refractivity contribution in [3.05, 3.63) is 59.4 Å². The number of aryl methyl sites for hydroxylation is 2. The second kappa shape index (κ2) is 8.68. The Balaban J connectivity index is 2.37. The van der Waals surface area contributed by atoms with E-state index in [0.717, 1.165) is 12.8 Å². The molecule has 0 fully saturated rings. The van der Waals surface area contributed by atoms with Gasteiger partial charge < -0.3 is 0 Å². The van der Waals surface area contributed by atoms with Crippen LogP contribution in [0.3, 0.4) is 0 Å². The summed E-state index contributed by atoms with van der Waals surface area (Å²) in [7, 11) is 0. The topological polar surface area (TPSA) is 0 Å². The van der Waals surface area contributed by atoms with Gasteiger partial charge in [-0.2, -0.15) is 0 Å². The molecular formula is C17H23F. The number of hydrogen-bond donors (Lipinski definition) is 0. The van der Waals surface area contributed by atoms with E-state index < -0.39 is 0 Å². The van der Waals surface area contributed by atoms with Crippen LogP contribution in [0.4, 0.5) is 4.39 Å². The highest BCUT2D eigenvalue weighted by Crippen LogP contribution is 2.10. The standard InChI is InChI=1S/C17H23F/c1-3-5-8-15-11-13-16(14-12-15)9-6-7-10-17(18)4-2/h4,7,10-14H,3,5-6,8-9H2,1-2H3/b10-7-,17-4+. The van der Waals surface area contributed by atoms with Gasteiger partial charge in [0, 0.05) is 0 Å². The fourth-order valence-corrected chi connectivity index (χ4v) is 1.80. The molecule has 0 spiro atoms. The molecule has 98 valence electrons. The van der Waals surface area contributed by atoms with E-state index in [0.29, 0.717) is 0 Å². The minimum atomic E-state index is -0.162. The molecule has 0 aliphatic heterocycles. The lowest BCUT2D eigenvalue weighted by Gasteiger charge is -2.02. The van der Waals surface area contributed by atoms with Gasteiger partial charge in [0.1, 0.15) is 5.83 Å². The van der Waals surface area contributed by atoms with Gasteiger partial charge >= 0.3 is 0 Å². The predicted octanol–water partition coefficient (Wildman–Crippen LogP) is 5.39. The molecule has 0 aromatic heterocycles. The Morgan fingerprint density at radius 2 is 1.72 bits per heavy atom. The largest absolute Gasteiger partial charge is 0.207 e. The highest BCUT2D eigenvalue weighted by molar-refractivity contribution is 5.23. The first-order valence-corrected chi connectivity index (χ1v) is 6.82. The Morgan fingerprint density at radius 3 is 2.28 bits per heavy atom. The van der Waals surface area contributed by atoms with E-state index in [1.165, 1.54) is 42.5 Å². The Bertz CT molecular complexity index is 385. The van der Waals surface area contributed by atoms with Gasteiger partial charge in [0.15, 0.2) is 0 Å². The van der Waals surface area contributed by atoms with E-state index in [1.807, 2.05) is 6.08 Å². The molecule has 0 nitrogen and oxygen atoms in total. The summed E-state index contributed by atoms with van der Waals surface area (Å²) >= 11 is 0.